The first kappa shape index (κ1) is 14.8. The molecule has 0 unspecified atom stereocenters. The fourth-order valence-corrected chi connectivity index (χ4v) is 2.02. The van der Waals surface area contributed by atoms with Crippen LogP contribution < -0.4 is 5.32 Å². The number of phenolic OH excluding ortho intramolecular Hbond substituents is 1. The molecule has 2 rings (SSSR count). The van der Waals surface area contributed by atoms with Crippen molar-refractivity contribution in [1.29, 1.82) is 0 Å². The molecule has 108 valence electrons. The molecule has 1 aromatic carbocycles. The number of phenols is 1. The average Bonchev–Trinajstić information content (AvgIpc) is 2.39. The minimum Gasteiger partial charge on any atom is -0.508 e. The molecule has 1 aromatic heterocycles. The average molecular weight is 307 g/mol. The van der Waals surface area contributed by atoms with Gasteiger partial charge in [-0.1, -0.05) is 11.6 Å². The van der Waals surface area contributed by atoms with E-state index in [9.17, 15) is 14.7 Å². The summed E-state index contributed by atoms with van der Waals surface area (Å²) in [7, 11) is 0. The zero-order valence-electron chi connectivity index (χ0n) is 10.9. The third-order valence-corrected chi connectivity index (χ3v) is 2.86. The van der Waals surface area contributed by atoms with Crippen LogP contribution in [0.3, 0.4) is 0 Å². The Hall–Kier alpha value is -2.60. The second-order valence-corrected chi connectivity index (χ2v) is 4.70. The molecule has 6 nitrogen and oxygen atoms in total. The monoisotopic (exact) mass is 306 g/mol. The molecule has 1 heterocycles. The van der Waals surface area contributed by atoms with Crippen molar-refractivity contribution in [2.24, 2.45) is 0 Å². The number of halogens is 1. The lowest BCUT2D eigenvalue weighted by molar-refractivity contribution is 0.0697. The SMILES string of the molecule is Cc1cc(C(=O)Nc2ccc(O)cc2C(=O)O)cc(Cl)n1. The standard InChI is InChI=1S/C14H11ClN2O4/c1-7-4-8(5-12(15)16-7)13(19)17-11-3-2-9(18)6-10(11)14(20)21/h2-6,18H,1H3,(H,17,19)(H,20,21). The summed E-state index contributed by atoms with van der Waals surface area (Å²) in [4.78, 5) is 27.2. The molecule has 0 saturated heterocycles. The number of hydrogen-bond donors (Lipinski definition) is 3. The van der Waals surface area contributed by atoms with Crippen molar-refractivity contribution < 1.29 is 19.8 Å². The van der Waals surface area contributed by atoms with Crippen LogP contribution in [0.4, 0.5) is 5.69 Å². The van der Waals surface area contributed by atoms with Gasteiger partial charge in [-0.05, 0) is 37.3 Å². The van der Waals surface area contributed by atoms with E-state index in [0.29, 0.717) is 5.69 Å². The molecule has 21 heavy (non-hydrogen) atoms. The van der Waals surface area contributed by atoms with Crippen molar-refractivity contribution in [3.63, 3.8) is 0 Å². The number of benzene rings is 1. The van der Waals surface area contributed by atoms with Crippen molar-refractivity contribution in [3.05, 3.63) is 52.3 Å². The Morgan fingerprint density at radius 1 is 1.24 bits per heavy atom. The topological polar surface area (TPSA) is 99.5 Å². The number of nitrogens with zero attached hydrogens (tertiary/aromatic N) is 1. The molecule has 0 aliphatic heterocycles. The van der Waals surface area contributed by atoms with Crippen LogP contribution in [0.2, 0.25) is 5.15 Å². The van der Waals surface area contributed by atoms with Gasteiger partial charge in [-0.2, -0.15) is 0 Å². The maximum Gasteiger partial charge on any atom is 0.337 e. The van der Waals surface area contributed by atoms with Crippen molar-refractivity contribution in [3.8, 4) is 5.75 Å². The lowest BCUT2D eigenvalue weighted by Gasteiger charge is -2.09. The van der Waals surface area contributed by atoms with E-state index in [1.165, 1.54) is 24.3 Å². The molecule has 0 aliphatic carbocycles. The Bertz CT molecular complexity index is 711. The molecule has 0 spiro atoms. The van der Waals surface area contributed by atoms with E-state index >= 15 is 0 Å². The number of carbonyl (C=O) groups is 2. The molecular formula is C14H11ClN2O4. The van der Waals surface area contributed by atoms with Gasteiger partial charge in [0.05, 0.1) is 11.3 Å². The molecule has 0 fully saturated rings. The summed E-state index contributed by atoms with van der Waals surface area (Å²) in [6, 6.07) is 6.56. The largest absolute Gasteiger partial charge is 0.508 e. The van der Waals surface area contributed by atoms with Crippen molar-refractivity contribution in [1.82, 2.24) is 4.98 Å². The first-order chi connectivity index (χ1) is 9.86. The van der Waals surface area contributed by atoms with Gasteiger partial charge in [-0.25, -0.2) is 9.78 Å². The number of pyridine rings is 1. The fourth-order valence-electron chi connectivity index (χ4n) is 1.77. The molecule has 0 bridgehead atoms. The number of aryl methyl sites for hydroxylation is 1. The van der Waals surface area contributed by atoms with E-state index < -0.39 is 11.9 Å². The molecule has 3 N–H and O–H groups in total. The lowest BCUT2D eigenvalue weighted by Crippen LogP contribution is -2.15. The highest BCUT2D eigenvalue weighted by atomic mass is 35.5. The summed E-state index contributed by atoms with van der Waals surface area (Å²) in [5.41, 5.74) is 0.699. The van der Waals surface area contributed by atoms with Crippen LogP contribution in [-0.4, -0.2) is 27.1 Å². The van der Waals surface area contributed by atoms with Crippen LogP contribution >= 0.6 is 11.6 Å². The highest BCUT2D eigenvalue weighted by Crippen LogP contribution is 2.22. The number of aromatic hydroxyl groups is 1. The first-order valence-electron chi connectivity index (χ1n) is 5.88. The summed E-state index contributed by atoms with van der Waals surface area (Å²) in [6.45, 7) is 1.69. The van der Waals surface area contributed by atoms with Crippen molar-refractivity contribution in [2.75, 3.05) is 5.32 Å². The second-order valence-electron chi connectivity index (χ2n) is 4.31. The number of carbonyl (C=O) groups excluding carboxylic acids is 1. The highest BCUT2D eigenvalue weighted by molar-refractivity contribution is 6.29. The van der Waals surface area contributed by atoms with E-state index in [0.717, 1.165) is 6.07 Å². The van der Waals surface area contributed by atoms with E-state index in [2.05, 4.69) is 10.3 Å². The summed E-state index contributed by atoms with van der Waals surface area (Å²) in [5, 5.41) is 21.0. The quantitative estimate of drug-likeness (QED) is 0.598. The van der Waals surface area contributed by atoms with Gasteiger partial charge in [0.2, 0.25) is 0 Å². The third-order valence-electron chi connectivity index (χ3n) is 2.67. The predicted octanol–water partition coefficient (Wildman–Crippen LogP) is 2.70. The van der Waals surface area contributed by atoms with Gasteiger partial charge in [-0.15, -0.1) is 0 Å². The maximum atomic E-state index is 12.1. The van der Waals surface area contributed by atoms with Crippen LogP contribution in [-0.2, 0) is 0 Å². The first-order valence-corrected chi connectivity index (χ1v) is 6.26. The van der Waals surface area contributed by atoms with Gasteiger partial charge in [-0.3, -0.25) is 4.79 Å². The maximum absolute atomic E-state index is 12.1. The number of aromatic carboxylic acids is 1. The van der Waals surface area contributed by atoms with E-state index in [4.69, 9.17) is 16.7 Å². The number of hydrogen-bond acceptors (Lipinski definition) is 4. The Labute approximate surface area is 125 Å². The number of anilines is 1. The number of aromatic nitrogens is 1. The predicted molar refractivity (Wildman–Crippen MR) is 77.0 cm³/mol. The number of carboxylic acid groups (broad SMARTS) is 1. The van der Waals surface area contributed by atoms with E-state index in [1.54, 1.807) is 6.92 Å². The van der Waals surface area contributed by atoms with Crippen LogP contribution in [0.1, 0.15) is 26.4 Å². The highest BCUT2D eigenvalue weighted by Gasteiger charge is 2.15. The van der Waals surface area contributed by atoms with Gasteiger partial charge in [0.15, 0.2) is 0 Å². The smallest absolute Gasteiger partial charge is 0.337 e. The summed E-state index contributed by atoms with van der Waals surface area (Å²) < 4.78 is 0. The molecular weight excluding hydrogens is 296 g/mol. The second kappa shape index (κ2) is 5.80. The number of nitrogens with one attached hydrogen (secondary N) is 1. The number of carboxylic acids is 1. The minimum atomic E-state index is -1.26. The zero-order valence-corrected chi connectivity index (χ0v) is 11.7. The zero-order chi connectivity index (χ0) is 15.6. The summed E-state index contributed by atoms with van der Waals surface area (Å²) in [5.74, 6) is -1.98. The fraction of sp³-hybridized carbons (Fsp3) is 0.0714. The molecule has 0 saturated carbocycles. The molecule has 2 aromatic rings. The Morgan fingerprint density at radius 3 is 2.57 bits per heavy atom. The normalized spacial score (nSPS) is 10.2. The molecule has 1 amide bonds. The van der Waals surface area contributed by atoms with E-state index in [1.807, 2.05) is 0 Å². The third kappa shape index (κ3) is 3.49. The number of rotatable bonds is 3. The summed E-state index contributed by atoms with van der Waals surface area (Å²) >= 11 is 5.78. The van der Waals surface area contributed by atoms with Crippen LogP contribution in [0.5, 0.6) is 5.75 Å². The van der Waals surface area contributed by atoms with Gasteiger partial charge in [0.25, 0.3) is 5.91 Å². The molecule has 7 heteroatoms. The summed E-state index contributed by atoms with van der Waals surface area (Å²) in [6.07, 6.45) is 0. The molecule has 0 atom stereocenters. The Kier molecular flexibility index (Phi) is 4.09. The van der Waals surface area contributed by atoms with Crippen LogP contribution in [0.15, 0.2) is 30.3 Å². The lowest BCUT2D eigenvalue weighted by atomic mass is 10.1. The van der Waals surface area contributed by atoms with Gasteiger partial charge in [0, 0.05) is 11.3 Å². The molecule has 0 radical (unpaired) electrons. The van der Waals surface area contributed by atoms with Crippen LogP contribution in [0.25, 0.3) is 0 Å². The van der Waals surface area contributed by atoms with E-state index in [-0.39, 0.29) is 27.7 Å². The number of amides is 1. The Balaban J connectivity index is 2.33. The Morgan fingerprint density at radius 2 is 1.95 bits per heavy atom. The van der Waals surface area contributed by atoms with Crippen LogP contribution in [0, 0.1) is 6.92 Å². The minimum absolute atomic E-state index is 0.0795. The van der Waals surface area contributed by atoms with Gasteiger partial charge in [0.1, 0.15) is 10.9 Å². The van der Waals surface area contributed by atoms with Crippen molar-refractivity contribution >= 4 is 29.2 Å². The van der Waals surface area contributed by atoms with Gasteiger partial charge >= 0.3 is 5.97 Å². The van der Waals surface area contributed by atoms with Crippen molar-refractivity contribution in [2.45, 2.75) is 6.92 Å². The van der Waals surface area contributed by atoms with Gasteiger partial charge < -0.3 is 15.5 Å². The molecule has 0 aliphatic rings.